The first-order valence-electron chi connectivity index (χ1n) is 12.2. The smallest absolute Gasteiger partial charge is 0.261 e. The minimum Gasteiger partial charge on any atom is -0.506 e. The molecule has 0 radical (unpaired) electrons. The molecule has 0 saturated heterocycles. The van der Waals surface area contributed by atoms with Gasteiger partial charge < -0.3 is 24.6 Å². The highest BCUT2D eigenvalue weighted by molar-refractivity contribution is 6.08. The Morgan fingerprint density at radius 2 is 1.73 bits per heavy atom. The lowest BCUT2D eigenvalue weighted by atomic mass is 10.0. The van der Waals surface area contributed by atoms with E-state index in [0.29, 0.717) is 22.3 Å². The second-order valence-corrected chi connectivity index (χ2v) is 8.88. The molecule has 1 aromatic carbocycles. The van der Waals surface area contributed by atoms with Crippen molar-refractivity contribution in [3.8, 4) is 40.1 Å². The minimum atomic E-state index is -0.771. The van der Waals surface area contributed by atoms with Crippen LogP contribution in [0, 0.1) is 25.5 Å². The van der Waals surface area contributed by atoms with Gasteiger partial charge in [0.25, 0.3) is 11.8 Å². The first kappa shape index (κ1) is 27.2. The summed E-state index contributed by atoms with van der Waals surface area (Å²) in [5.74, 6) is -1.75. The number of benzene rings is 1. The van der Waals surface area contributed by atoms with Gasteiger partial charge in [-0.15, -0.1) is 0 Å². The van der Waals surface area contributed by atoms with Crippen LogP contribution in [0.1, 0.15) is 21.6 Å². The van der Waals surface area contributed by atoms with Crippen molar-refractivity contribution in [1.29, 1.82) is 0 Å². The van der Waals surface area contributed by atoms with Crippen LogP contribution < -0.4 is 19.5 Å². The van der Waals surface area contributed by atoms with Crippen LogP contribution in [0.3, 0.4) is 0 Å². The molecule has 12 heteroatoms. The molecule has 5 aromatic rings. The molecular weight excluding hydrogens is 536 g/mol. The Morgan fingerprint density at radius 3 is 2.44 bits per heavy atom. The zero-order valence-electron chi connectivity index (χ0n) is 22.3. The number of pyridine rings is 4. The monoisotopic (exact) mass is 559 g/mol. The van der Waals surface area contributed by atoms with Crippen molar-refractivity contribution in [2.75, 3.05) is 19.5 Å². The SMILES string of the molecule is COc1cc2nccc(Oc3ccc(NC(=O)c4c(C)ncc(-c5ncc(F)cc5C)c4O)cc3F)c2nc1OC. The third kappa shape index (κ3) is 5.26. The Kier molecular flexibility index (Phi) is 7.30. The highest BCUT2D eigenvalue weighted by Gasteiger charge is 2.22. The predicted molar refractivity (Wildman–Crippen MR) is 146 cm³/mol. The number of halogens is 2. The van der Waals surface area contributed by atoms with E-state index >= 15 is 4.39 Å². The molecule has 1 amide bonds. The Balaban J connectivity index is 1.41. The molecule has 0 spiro atoms. The lowest BCUT2D eigenvalue weighted by Crippen LogP contribution is -2.15. The number of fused-ring (bicyclic) bond motifs is 1. The zero-order chi connectivity index (χ0) is 29.3. The van der Waals surface area contributed by atoms with Gasteiger partial charge in [0.15, 0.2) is 23.1 Å². The van der Waals surface area contributed by atoms with Crippen molar-refractivity contribution >= 4 is 22.6 Å². The standard InChI is InChI=1S/C29H23F2N5O5/c1-14-9-16(30)12-34-25(14)18-13-33-15(2)24(27(18)37)28(38)35-17-5-6-21(19(31)10-17)41-22-7-8-32-20-11-23(39-3)29(40-4)36-26(20)22/h5-13H,1-4H3,(H,33,37)(H,35,38). The molecule has 0 aliphatic rings. The van der Waals surface area contributed by atoms with E-state index in [1.807, 2.05) is 0 Å². The van der Waals surface area contributed by atoms with Gasteiger partial charge in [0.05, 0.1) is 42.9 Å². The molecule has 0 atom stereocenters. The van der Waals surface area contributed by atoms with Crippen LogP contribution in [0.5, 0.6) is 28.9 Å². The molecule has 0 bridgehead atoms. The molecular formula is C29H23F2N5O5. The summed E-state index contributed by atoms with van der Waals surface area (Å²) in [5, 5.41) is 13.5. The quantitative estimate of drug-likeness (QED) is 0.256. The van der Waals surface area contributed by atoms with Gasteiger partial charge in [-0.1, -0.05) is 0 Å². The van der Waals surface area contributed by atoms with Crippen molar-refractivity contribution < 1.29 is 32.9 Å². The first-order chi connectivity index (χ1) is 19.7. The van der Waals surface area contributed by atoms with Crippen LogP contribution in [-0.4, -0.2) is 45.2 Å². The van der Waals surface area contributed by atoms with Gasteiger partial charge in [-0.25, -0.2) is 13.8 Å². The van der Waals surface area contributed by atoms with Crippen molar-refractivity contribution in [3.05, 3.63) is 83.4 Å². The number of aromatic nitrogens is 4. The highest BCUT2D eigenvalue weighted by atomic mass is 19.1. The number of ether oxygens (including phenoxy) is 3. The number of anilines is 1. The summed E-state index contributed by atoms with van der Waals surface area (Å²) in [7, 11) is 2.91. The Hall–Kier alpha value is -5.39. The van der Waals surface area contributed by atoms with E-state index in [4.69, 9.17) is 14.2 Å². The topological polar surface area (TPSA) is 129 Å². The van der Waals surface area contributed by atoms with Gasteiger partial charge in [-0.05, 0) is 37.6 Å². The minimum absolute atomic E-state index is 0.101. The molecule has 4 heterocycles. The van der Waals surface area contributed by atoms with E-state index in [9.17, 15) is 14.3 Å². The summed E-state index contributed by atoms with van der Waals surface area (Å²) in [6.07, 6.45) is 3.84. The van der Waals surface area contributed by atoms with Crippen LogP contribution in [0.2, 0.25) is 0 Å². The maximum absolute atomic E-state index is 15.1. The van der Waals surface area contributed by atoms with Crippen LogP contribution in [0.15, 0.2) is 55.0 Å². The Morgan fingerprint density at radius 1 is 0.927 bits per heavy atom. The Labute approximate surface area is 232 Å². The summed E-state index contributed by atoms with van der Waals surface area (Å²) in [6.45, 7) is 3.16. The third-order valence-electron chi connectivity index (χ3n) is 6.20. The van der Waals surface area contributed by atoms with Gasteiger partial charge in [0.2, 0.25) is 0 Å². The lowest BCUT2D eigenvalue weighted by molar-refractivity contribution is 0.102. The maximum Gasteiger partial charge on any atom is 0.261 e. The number of hydrogen-bond donors (Lipinski definition) is 2. The Bertz CT molecular complexity index is 1820. The van der Waals surface area contributed by atoms with E-state index in [0.717, 1.165) is 12.3 Å². The second-order valence-electron chi connectivity index (χ2n) is 8.88. The van der Waals surface area contributed by atoms with Crippen LogP contribution in [0.25, 0.3) is 22.3 Å². The van der Waals surface area contributed by atoms with Gasteiger partial charge in [-0.3, -0.25) is 19.7 Å². The molecule has 2 N–H and O–H groups in total. The zero-order valence-corrected chi connectivity index (χ0v) is 22.3. The number of hydrogen-bond acceptors (Lipinski definition) is 9. The fourth-order valence-electron chi connectivity index (χ4n) is 4.22. The molecule has 5 rings (SSSR count). The molecule has 4 aromatic heterocycles. The third-order valence-corrected chi connectivity index (χ3v) is 6.20. The summed E-state index contributed by atoms with van der Waals surface area (Å²) < 4.78 is 44.9. The average Bonchev–Trinajstić information content (AvgIpc) is 2.94. The highest BCUT2D eigenvalue weighted by Crippen LogP contribution is 2.36. The van der Waals surface area contributed by atoms with Crippen LogP contribution in [-0.2, 0) is 0 Å². The summed E-state index contributed by atoms with van der Waals surface area (Å²) in [6, 6.07) is 8.25. The molecule has 10 nitrogen and oxygen atoms in total. The van der Waals surface area contributed by atoms with Crippen molar-refractivity contribution in [3.63, 3.8) is 0 Å². The summed E-state index contributed by atoms with van der Waals surface area (Å²) >= 11 is 0. The molecule has 0 saturated carbocycles. The number of carbonyl (C=O) groups excluding carboxylic acids is 1. The van der Waals surface area contributed by atoms with Crippen LogP contribution >= 0.6 is 0 Å². The fraction of sp³-hybridized carbons (Fsp3) is 0.138. The number of nitrogens with one attached hydrogen (secondary N) is 1. The van der Waals surface area contributed by atoms with Crippen molar-refractivity contribution in [1.82, 2.24) is 19.9 Å². The van der Waals surface area contributed by atoms with E-state index in [-0.39, 0.29) is 51.3 Å². The number of aryl methyl sites for hydroxylation is 2. The van der Waals surface area contributed by atoms with Gasteiger partial charge in [0.1, 0.15) is 22.6 Å². The number of methoxy groups -OCH3 is 2. The molecule has 41 heavy (non-hydrogen) atoms. The summed E-state index contributed by atoms with van der Waals surface area (Å²) in [4.78, 5) is 30.0. The number of rotatable bonds is 7. The first-order valence-corrected chi connectivity index (χ1v) is 12.2. The molecule has 0 unspecified atom stereocenters. The van der Waals surface area contributed by atoms with Crippen molar-refractivity contribution in [2.45, 2.75) is 13.8 Å². The summed E-state index contributed by atoms with van der Waals surface area (Å²) in [5.41, 5.74) is 1.84. The van der Waals surface area contributed by atoms with E-state index in [2.05, 4.69) is 25.3 Å². The second kappa shape index (κ2) is 11.0. The average molecular weight is 560 g/mol. The van der Waals surface area contributed by atoms with Crippen molar-refractivity contribution in [2.24, 2.45) is 0 Å². The largest absolute Gasteiger partial charge is 0.506 e. The molecule has 0 aliphatic heterocycles. The number of amides is 1. The molecule has 208 valence electrons. The number of carbonyl (C=O) groups is 1. The van der Waals surface area contributed by atoms with E-state index in [1.54, 1.807) is 19.9 Å². The number of aromatic hydroxyl groups is 1. The van der Waals surface area contributed by atoms with E-state index < -0.39 is 17.5 Å². The lowest BCUT2D eigenvalue weighted by Gasteiger charge is -2.14. The van der Waals surface area contributed by atoms with Gasteiger partial charge in [-0.2, -0.15) is 0 Å². The maximum atomic E-state index is 15.1. The predicted octanol–water partition coefficient (Wildman–Crippen LogP) is 5.75. The molecule has 0 aliphatic carbocycles. The number of nitrogens with zero attached hydrogens (tertiary/aromatic N) is 4. The van der Waals surface area contributed by atoms with Gasteiger partial charge in [0, 0.05) is 36.3 Å². The fourth-order valence-corrected chi connectivity index (χ4v) is 4.22. The van der Waals surface area contributed by atoms with E-state index in [1.165, 1.54) is 50.9 Å². The van der Waals surface area contributed by atoms with Crippen LogP contribution in [0.4, 0.5) is 14.5 Å². The normalized spacial score (nSPS) is 10.9. The molecule has 0 fully saturated rings. The van der Waals surface area contributed by atoms with Gasteiger partial charge >= 0.3 is 0 Å².